The first-order valence-electron chi connectivity index (χ1n) is 9.93. The van der Waals surface area contributed by atoms with Gasteiger partial charge in [-0.15, -0.1) is 0 Å². The van der Waals surface area contributed by atoms with Crippen molar-refractivity contribution in [3.63, 3.8) is 0 Å². The van der Waals surface area contributed by atoms with Crippen LogP contribution in [-0.2, 0) is 6.42 Å². The zero-order chi connectivity index (χ0) is 21.8. The molecule has 31 heavy (non-hydrogen) atoms. The van der Waals surface area contributed by atoms with Crippen LogP contribution in [0.3, 0.4) is 0 Å². The molecule has 7 nitrogen and oxygen atoms in total. The molecule has 156 valence electrons. The number of carbonyl (C=O) groups excluding carboxylic acids is 1. The van der Waals surface area contributed by atoms with Crippen molar-refractivity contribution in [2.75, 3.05) is 5.32 Å². The summed E-state index contributed by atoms with van der Waals surface area (Å²) in [6, 6.07) is 15.9. The van der Waals surface area contributed by atoms with Crippen LogP contribution >= 0.6 is 0 Å². The Kier molecular flexibility index (Phi) is 5.75. The molecule has 0 fully saturated rings. The molecule has 3 aromatic rings. The quantitative estimate of drug-likeness (QED) is 0.463. The Labute approximate surface area is 179 Å². The number of hydrogen-bond donors (Lipinski definition) is 1. The molecule has 2 unspecified atom stereocenters. The van der Waals surface area contributed by atoms with Gasteiger partial charge in [-0.05, 0) is 35.9 Å². The molecule has 0 saturated carbocycles. The second-order valence-electron chi connectivity index (χ2n) is 7.39. The van der Waals surface area contributed by atoms with Crippen molar-refractivity contribution >= 4 is 17.2 Å². The van der Waals surface area contributed by atoms with Crippen LogP contribution in [0.25, 0.3) is 5.57 Å². The molecule has 1 aromatic carbocycles. The van der Waals surface area contributed by atoms with Crippen LogP contribution in [0.4, 0.5) is 5.69 Å². The number of carbonyl (C=O) groups is 1. The van der Waals surface area contributed by atoms with Crippen molar-refractivity contribution in [2.24, 2.45) is 5.92 Å². The summed E-state index contributed by atoms with van der Waals surface area (Å²) in [5, 5.41) is 14.1. The number of anilines is 1. The Balaban J connectivity index is 1.46. The highest BCUT2D eigenvalue weighted by Gasteiger charge is 2.32. The first-order valence-corrected chi connectivity index (χ1v) is 9.93. The highest BCUT2D eigenvalue weighted by atomic mass is 16.6. The maximum atomic E-state index is 12.7. The number of nitrogens with zero attached hydrogens (tertiary/aromatic N) is 2. The van der Waals surface area contributed by atoms with Gasteiger partial charge in [0.1, 0.15) is 5.76 Å². The number of rotatable bonds is 6. The van der Waals surface area contributed by atoms with Crippen molar-refractivity contribution in [1.82, 2.24) is 4.98 Å². The van der Waals surface area contributed by atoms with E-state index in [-0.39, 0.29) is 16.6 Å². The summed E-state index contributed by atoms with van der Waals surface area (Å²) in [6.45, 7) is 1.77. The lowest BCUT2D eigenvalue weighted by atomic mass is 9.88. The molecule has 0 spiro atoms. The van der Waals surface area contributed by atoms with Gasteiger partial charge in [-0.3, -0.25) is 19.9 Å². The summed E-state index contributed by atoms with van der Waals surface area (Å²) in [7, 11) is 0. The molecule has 4 rings (SSSR count). The first kappa shape index (κ1) is 20.3. The molecule has 0 radical (unpaired) electrons. The van der Waals surface area contributed by atoms with Gasteiger partial charge in [-0.1, -0.05) is 49.4 Å². The van der Waals surface area contributed by atoms with E-state index in [0.29, 0.717) is 23.4 Å². The average Bonchev–Trinajstić information content (AvgIpc) is 3.25. The van der Waals surface area contributed by atoms with Gasteiger partial charge in [0.05, 0.1) is 5.92 Å². The molecular weight excluding hydrogens is 394 g/mol. The van der Waals surface area contributed by atoms with Gasteiger partial charge in [-0.2, -0.15) is 0 Å². The zero-order valence-electron chi connectivity index (χ0n) is 16.9. The molecule has 1 amide bonds. The smallest absolute Gasteiger partial charge is 0.291 e. The number of benzene rings is 1. The van der Waals surface area contributed by atoms with Gasteiger partial charge in [0.2, 0.25) is 6.04 Å². The monoisotopic (exact) mass is 415 g/mol. The van der Waals surface area contributed by atoms with E-state index in [1.165, 1.54) is 0 Å². The maximum absolute atomic E-state index is 12.7. The lowest BCUT2D eigenvalue weighted by Crippen LogP contribution is -2.27. The Morgan fingerprint density at radius 1 is 1.19 bits per heavy atom. The third-order valence-corrected chi connectivity index (χ3v) is 5.25. The van der Waals surface area contributed by atoms with Crippen LogP contribution in [0, 0.1) is 16.0 Å². The van der Waals surface area contributed by atoms with Gasteiger partial charge < -0.3 is 9.73 Å². The molecule has 2 heterocycles. The molecule has 2 aromatic heterocycles. The number of amides is 1. The molecule has 0 saturated heterocycles. The lowest BCUT2D eigenvalue weighted by Gasteiger charge is -2.18. The second-order valence-corrected chi connectivity index (χ2v) is 7.39. The minimum Gasteiger partial charge on any atom is -0.451 e. The van der Waals surface area contributed by atoms with E-state index in [4.69, 9.17) is 4.42 Å². The Bertz CT molecular complexity index is 1160. The maximum Gasteiger partial charge on any atom is 0.291 e. The summed E-state index contributed by atoms with van der Waals surface area (Å²) in [4.78, 5) is 27.9. The standard InChI is InChI=1S/C24H21N3O4/c1-16-20(8-5-9-21(16)27(29)30)22-10-11-23(31-22)24(28)26-18-12-13-25-19(15-18)14-17-6-3-2-4-7-17/h2-13,15-16,21H,14H2,1H3,(H,25,26,28). The van der Waals surface area contributed by atoms with Crippen molar-refractivity contribution < 1.29 is 14.1 Å². The molecule has 1 aliphatic carbocycles. The summed E-state index contributed by atoms with van der Waals surface area (Å²) in [5.41, 5.74) is 3.27. The van der Waals surface area contributed by atoms with Crippen molar-refractivity contribution in [3.8, 4) is 0 Å². The van der Waals surface area contributed by atoms with Crippen molar-refractivity contribution in [3.05, 3.63) is 112 Å². The normalized spacial score (nSPS) is 17.8. The van der Waals surface area contributed by atoms with Gasteiger partial charge in [0.25, 0.3) is 5.91 Å². The largest absolute Gasteiger partial charge is 0.451 e. The number of allylic oxidation sites excluding steroid dienone is 2. The van der Waals surface area contributed by atoms with E-state index in [9.17, 15) is 14.9 Å². The molecular formula is C24H21N3O4. The number of pyridine rings is 1. The van der Waals surface area contributed by atoms with Crippen LogP contribution in [0.15, 0.2) is 83.4 Å². The molecule has 2 atom stereocenters. The predicted octanol–water partition coefficient (Wildman–Crippen LogP) is 4.75. The van der Waals surface area contributed by atoms with Crippen molar-refractivity contribution in [2.45, 2.75) is 19.4 Å². The molecule has 0 bridgehead atoms. The highest BCUT2D eigenvalue weighted by molar-refractivity contribution is 6.02. The van der Waals surface area contributed by atoms with Crippen LogP contribution in [0.1, 0.15) is 34.5 Å². The van der Waals surface area contributed by atoms with E-state index in [1.54, 1.807) is 49.5 Å². The number of nitro groups is 1. The summed E-state index contributed by atoms with van der Waals surface area (Å²) in [5.74, 6) is -0.165. The van der Waals surface area contributed by atoms with E-state index >= 15 is 0 Å². The van der Waals surface area contributed by atoms with E-state index < -0.39 is 11.9 Å². The lowest BCUT2D eigenvalue weighted by molar-refractivity contribution is -0.515. The second kappa shape index (κ2) is 8.79. The number of aromatic nitrogens is 1. The average molecular weight is 415 g/mol. The van der Waals surface area contributed by atoms with Crippen LogP contribution in [-0.4, -0.2) is 21.9 Å². The molecule has 7 heteroatoms. The minimum atomic E-state index is -0.817. The van der Waals surface area contributed by atoms with Gasteiger partial charge in [-0.25, -0.2) is 0 Å². The fourth-order valence-electron chi connectivity index (χ4n) is 3.60. The highest BCUT2D eigenvalue weighted by Crippen LogP contribution is 2.32. The van der Waals surface area contributed by atoms with Gasteiger partial charge in [0, 0.05) is 34.5 Å². The Morgan fingerprint density at radius 2 is 2.00 bits per heavy atom. The fourth-order valence-corrected chi connectivity index (χ4v) is 3.60. The summed E-state index contributed by atoms with van der Waals surface area (Å²) < 4.78 is 5.73. The van der Waals surface area contributed by atoms with Gasteiger partial charge >= 0.3 is 0 Å². The molecule has 1 N–H and O–H groups in total. The Hall–Kier alpha value is -4.00. The number of nitrogens with one attached hydrogen (secondary N) is 1. The topological polar surface area (TPSA) is 98.3 Å². The van der Waals surface area contributed by atoms with E-state index in [2.05, 4.69) is 10.3 Å². The first-order chi connectivity index (χ1) is 15.0. The Morgan fingerprint density at radius 3 is 2.77 bits per heavy atom. The zero-order valence-corrected chi connectivity index (χ0v) is 16.9. The van der Waals surface area contributed by atoms with Crippen LogP contribution in [0.5, 0.6) is 0 Å². The van der Waals surface area contributed by atoms with Gasteiger partial charge in [0.15, 0.2) is 5.76 Å². The van der Waals surface area contributed by atoms with E-state index in [1.807, 2.05) is 36.4 Å². The van der Waals surface area contributed by atoms with Crippen molar-refractivity contribution in [1.29, 1.82) is 0 Å². The fraction of sp³-hybridized carbons (Fsp3) is 0.167. The SMILES string of the molecule is CC1C(c2ccc(C(=O)Nc3ccnc(Cc4ccccc4)c3)o2)=CC=CC1[N+](=O)[O-]. The predicted molar refractivity (Wildman–Crippen MR) is 117 cm³/mol. The van der Waals surface area contributed by atoms with E-state index in [0.717, 1.165) is 11.3 Å². The van der Waals surface area contributed by atoms with Crippen LogP contribution < -0.4 is 5.32 Å². The minimum absolute atomic E-state index is 0.136. The molecule has 0 aliphatic heterocycles. The third-order valence-electron chi connectivity index (χ3n) is 5.25. The summed E-state index contributed by atoms with van der Waals surface area (Å²) in [6.07, 6.45) is 7.30. The number of furan rings is 1. The molecule has 1 aliphatic rings. The van der Waals surface area contributed by atoms with Crippen LogP contribution in [0.2, 0.25) is 0 Å². The number of hydrogen-bond acceptors (Lipinski definition) is 5. The summed E-state index contributed by atoms with van der Waals surface area (Å²) >= 11 is 0. The third kappa shape index (κ3) is 4.61.